The van der Waals surface area contributed by atoms with E-state index in [0.717, 1.165) is 31.8 Å². The van der Waals surface area contributed by atoms with Gasteiger partial charge in [0.15, 0.2) is 0 Å². The standard InChI is InChI=1S/C16H34N2O/c1-4-16(5-2,19-6-3)15(18-17)13-12-14-10-8-7-9-11-14/h14-15,18H,4-13,17H2,1-3H3. The first-order valence-electron chi connectivity index (χ1n) is 8.32. The van der Waals surface area contributed by atoms with Gasteiger partial charge in [0.25, 0.3) is 0 Å². The maximum atomic E-state index is 6.08. The van der Waals surface area contributed by atoms with E-state index >= 15 is 0 Å². The maximum Gasteiger partial charge on any atom is 0.0842 e. The Hall–Kier alpha value is -0.120. The van der Waals surface area contributed by atoms with E-state index in [1.807, 2.05) is 0 Å². The van der Waals surface area contributed by atoms with E-state index in [2.05, 4.69) is 26.2 Å². The number of hydrazine groups is 1. The molecular weight excluding hydrogens is 236 g/mol. The molecule has 0 aromatic heterocycles. The highest BCUT2D eigenvalue weighted by atomic mass is 16.5. The van der Waals surface area contributed by atoms with Crippen LogP contribution in [0.15, 0.2) is 0 Å². The van der Waals surface area contributed by atoms with Gasteiger partial charge in [-0.3, -0.25) is 11.3 Å². The van der Waals surface area contributed by atoms with Gasteiger partial charge in [-0.2, -0.15) is 0 Å². The van der Waals surface area contributed by atoms with E-state index in [4.69, 9.17) is 10.6 Å². The SMILES string of the molecule is CCOC(CC)(CC)C(CCC1CCCCC1)NN. The Kier molecular flexibility index (Phi) is 7.96. The van der Waals surface area contributed by atoms with Crippen molar-refractivity contribution >= 4 is 0 Å². The molecule has 1 rings (SSSR count). The summed E-state index contributed by atoms with van der Waals surface area (Å²) in [5.41, 5.74) is 2.96. The van der Waals surface area contributed by atoms with Gasteiger partial charge in [-0.05, 0) is 38.5 Å². The van der Waals surface area contributed by atoms with E-state index in [1.165, 1.54) is 38.5 Å². The summed E-state index contributed by atoms with van der Waals surface area (Å²) in [5.74, 6) is 6.74. The molecule has 0 amide bonds. The third-order valence-electron chi connectivity index (χ3n) is 5.05. The molecule has 1 atom stereocenters. The van der Waals surface area contributed by atoms with Crippen molar-refractivity contribution in [3.8, 4) is 0 Å². The second-order valence-corrected chi connectivity index (χ2v) is 6.01. The zero-order valence-corrected chi connectivity index (χ0v) is 13.2. The first kappa shape index (κ1) is 16.9. The molecule has 1 fully saturated rings. The molecule has 0 saturated heterocycles. The van der Waals surface area contributed by atoms with Crippen LogP contribution >= 0.6 is 0 Å². The molecule has 1 aliphatic carbocycles. The molecule has 114 valence electrons. The van der Waals surface area contributed by atoms with Crippen LogP contribution in [0.2, 0.25) is 0 Å². The van der Waals surface area contributed by atoms with Crippen molar-refractivity contribution in [2.45, 2.75) is 90.2 Å². The topological polar surface area (TPSA) is 47.3 Å². The largest absolute Gasteiger partial charge is 0.374 e. The Morgan fingerprint density at radius 3 is 2.26 bits per heavy atom. The van der Waals surface area contributed by atoms with Crippen molar-refractivity contribution in [3.05, 3.63) is 0 Å². The van der Waals surface area contributed by atoms with Crippen LogP contribution < -0.4 is 11.3 Å². The van der Waals surface area contributed by atoms with Gasteiger partial charge < -0.3 is 4.74 Å². The Morgan fingerprint density at radius 2 is 1.79 bits per heavy atom. The molecule has 3 nitrogen and oxygen atoms in total. The molecule has 3 heteroatoms. The fraction of sp³-hybridized carbons (Fsp3) is 1.00. The number of nitrogens with one attached hydrogen (secondary N) is 1. The molecule has 0 aliphatic heterocycles. The van der Waals surface area contributed by atoms with Crippen molar-refractivity contribution in [2.75, 3.05) is 6.61 Å². The van der Waals surface area contributed by atoms with Gasteiger partial charge in [0.2, 0.25) is 0 Å². The number of rotatable bonds is 9. The second kappa shape index (κ2) is 8.93. The molecule has 0 aromatic carbocycles. The Balaban J connectivity index is 2.53. The number of ether oxygens (including phenoxy) is 1. The second-order valence-electron chi connectivity index (χ2n) is 6.01. The first-order chi connectivity index (χ1) is 9.22. The third-order valence-corrected chi connectivity index (χ3v) is 5.05. The average Bonchev–Trinajstić information content (AvgIpc) is 2.47. The number of hydrogen-bond acceptors (Lipinski definition) is 3. The van der Waals surface area contributed by atoms with Crippen LogP contribution in [0.5, 0.6) is 0 Å². The Bertz CT molecular complexity index is 223. The fourth-order valence-electron chi connectivity index (χ4n) is 3.71. The van der Waals surface area contributed by atoms with Crippen LogP contribution in [-0.4, -0.2) is 18.2 Å². The van der Waals surface area contributed by atoms with Gasteiger partial charge in [0.05, 0.1) is 11.6 Å². The van der Waals surface area contributed by atoms with E-state index in [-0.39, 0.29) is 11.6 Å². The molecule has 0 radical (unpaired) electrons. The molecular formula is C16H34N2O. The predicted octanol–water partition coefficient (Wildman–Crippen LogP) is 3.77. The van der Waals surface area contributed by atoms with Gasteiger partial charge in [-0.1, -0.05) is 46.0 Å². The van der Waals surface area contributed by atoms with Crippen LogP contribution in [0.3, 0.4) is 0 Å². The zero-order valence-electron chi connectivity index (χ0n) is 13.2. The number of hydrogen-bond donors (Lipinski definition) is 2. The number of nitrogens with two attached hydrogens (primary N) is 1. The van der Waals surface area contributed by atoms with Crippen LogP contribution in [0.25, 0.3) is 0 Å². The maximum absolute atomic E-state index is 6.08. The molecule has 1 unspecified atom stereocenters. The van der Waals surface area contributed by atoms with Gasteiger partial charge in [-0.15, -0.1) is 0 Å². The molecule has 0 spiro atoms. The highest BCUT2D eigenvalue weighted by Crippen LogP contribution is 2.32. The van der Waals surface area contributed by atoms with Crippen molar-refractivity contribution in [1.82, 2.24) is 5.43 Å². The Labute approximate surface area is 119 Å². The van der Waals surface area contributed by atoms with Crippen LogP contribution in [-0.2, 0) is 4.74 Å². The molecule has 1 saturated carbocycles. The highest BCUT2D eigenvalue weighted by Gasteiger charge is 2.36. The van der Waals surface area contributed by atoms with Crippen LogP contribution in [0.4, 0.5) is 0 Å². The van der Waals surface area contributed by atoms with Crippen molar-refractivity contribution in [3.63, 3.8) is 0 Å². The summed E-state index contributed by atoms with van der Waals surface area (Å²) in [7, 11) is 0. The molecule has 3 N–H and O–H groups in total. The molecule has 0 heterocycles. The highest BCUT2D eigenvalue weighted by molar-refractivity contribution is 4.91. The van der Waals surface area contributed by atoms with Crippen LogP contribution in [0, 0.1) is 5.92 Å². The molecule has 0 aromatic rings. The summed E-state index contributed by atoms with van der Waals surface area (Å²) in [5, 5.41) is 0. The van der Waals surface area contributed by atoms with Crippen molar-refractivity contribution in [2.24, 2.45) is 11.8 Å². The first-order valence-corrected chi connectivity index (χ1v) is 8.32. The van der Waals surface area contributed by atoms with Gasteiger partial charge in [0.1, 0.15) is 0 Å². The summed E-state index contributed by atoms with van der Waals surface area (Å²) in [6, 6.07) is 0.282. The monoisotopic (exact) mass is 270 g/mol. The average molecular weight is 270 g/mol. The summed E-state index contributed by atoms with van der Waals surface area (Å²) >= 11 is 0. The summed E-state index contributed by atoms with van der Waals surface area (Å²) < 4.78 is 6.08. The van der Waals surface area contributed by atoms with E-state index in [0.29, 0.717) is 0 Å². The van der Waals surface area contributed by atoms with Gasteiger partial charge >= 0.3 is 0 Å². The minimum Gasteiger partial charge on any atom is -0.374 e. The normalized spacial score (nSPS) is 19.6. The lowest BCUT2D eigenvalue weighted by Gasteiger charge is -2.39. The van der Waals surface area contributed by atoms with Gasteiger partial charge in [0, 0.05) is 6.61 Å². The lowest BCUT2D eigenvalue weighted by molar-refractivity contribution is -0.0750. The summed E-state index contributed by atoms with van der Waals surface area (Å²) in [6.07, 6.45) is 11.6. The quantitative estimate of drug-likeness (QED) is 0.495. The van der Waals surface area contributed by atoms with Gasteiger partial charge in [-0.25, -0.2) is 0 Å². The summed E-state index contributed by atoms with van der Waals surface area (Å²) in [4.78, 5) is 0. The molecule has 1 aliphatic rings. The zero-order chi connectivity index (χ0) is 14.1. The molecule has 19 heavy (non-hydrogen) atoms. The summed E-state index contributed by atoms with van der Waals surface area (Å²) in [6.45, 7) is 7.27. The minimum absolute atomic E-state index is 0.0852. The van der Waals surface area contributed by atoms with E-state index in [1.54, 1.807) is 0 Å². The smallest absolute Gasteiger partial charge is 0.0842 e. The Morgan fingerprint density at radius 1 is 1.16 bits per heavy atom. The fourth-order valence-corrected chi connectivity index (χ4v) is 3.71. The van der Waals surface area contributed by atoms with Crippen molar-refractivity contribution in [1.29, 1.82) is 0 Å². The van der Waals surface area contributed by atoms with E-state index < -0.39 is 0 Å². The van der Waals surface area contributed by atoms with Crippen LogP contribution in [0.1, 0.15) is 78.6 Å². The predicted molar refractivity (Wildman–Crippen MR) is 81.9 cm³/mol. The van der Waals surface area contributed by atoms with Crippen molar-refractivity contribution < 1.29 is 4.74 Å². The van der Waals surface area contributed by atoms with E-state index in [9.17, 15) is 0 Å². The lowest BCUT2D eigenvalue weighted by atomic mass is 9.80. The minimum atomic E-state index is -0.0852. The lowest BCUT2D eigenvalue weighted by Crippen LogP contribution is -2.54. The molecule has 0 bridgehead atoms. The third kappa shape index (κ3) is 4.73.